The molecule has 0 aliphatic rings. The monoisotopic (exact) mass is 316 g/mol. The molecule has 0 amide bonds. The van der Waals surface area contributed by atoms with E-state index in [4.69, 9.17) is 0 Å². The average Bonchev–Trinajstić information content (AvgIpc) is 3.07. The quantitative estimate of drug-likeness (QED) is 0.757. The SMILES string of the molecule is CCCc1nc(NCCc2nc(C)cs2)c2cnn(C)c2n1. The van der Waals surface area contributed by atoms with E-state index in [1.54, 1.807) is 16.0 Å². The number of hydrogen-bond acceptors (Lipinski definition) is 6. The lowest BCUT2D eigenvalue weighted by Gasteiger charge is -2.08. The maximum Gasteiger partial charge on any atom is 0.163 e. The molecule has 6 nitrogen and oxygen atoms in total. The molecule has 0 saturated carbocycles. The van der Waals surface area contributed by atoms with Crippen LogP contribution in [0.4, 0.5) is 5.82 Å². The molecule has 0 aliphatic carbocycles. The summed E-state index contributed by atoms with van der Waals surface area (Å²) in [5.41, 5.74) is 1.97. The molecule has 0 aliphatic heterocycles. The predicted molar refractivity (Wildman–Crippen MR) is 89.3 cm³/mol. The minimum absolute atomic E-state index is 0.805. The third-order valence-corrected chi connectivity index (χ3v) is 4.44. The van der Waals surface area contributed by atoms with E-state index in [9.17, 15) is 0 Å². The molecule has 0 spiro atoms. The third kappa shape index (κ3) is 3.09. The molecule has 22 heavy (non-hydrogen) atoms. The van der Waals surface area contributed by atoms with Crippen molar-refractivity contribution in [3.63, 3.8) is 0 Å². The summed E-state index contributed by atoms with van der Waals surface area (Å²) in [6.07, 6.45) is 4.62. The number of aromatic nitrogens is 5. The van der Waals surface area contributed by atoms with Crippen molar-refractivity contribution in [2.75, 3.05) is 11.9 Å². The van der Waals surface area contributed by atoms with Crippen LogP contribution in [0.2, 0.25) is 0 Å². The lowest BCUT2D eigenvalue weighted by molar-refractivity contribution is 0.772. The molecule has 7 heteroatoms. The highest BCUT2D eigenvalue weighted by Gasteiger charge is 2.11. The van der Waals surface area contributed by atoms with Gasteiger partial charge in [-0.15, -0.1) is 11.3 Å². The van der Waals surface area contributed by atoms with E-state index in [0.717, 1.165) is 59.2 Å². The molecule has 3 aromatic rings. The average molecular weight is 316 g/mol. The number of aryl methyl sites for hydroxylation is 3. The lowest BCUT2D eigenvalue weighted by Crippen LogP contribution is -2.09. The minimum Gasteiger partial charge on any atom is -0.369 e. The van der Waals surface area contributed by atoms with Crippen molar-refractivity contribution in [2.45, 2.75) is 33.1 Å². The lowest BCUT2D eigenvalue weighted by atomic mass is 10.3. The van der Waals surface area contributed by atoms with E-state index in [2.05, 4.69) is 37.7 Å². The van der Waals surface area contributed by atoms with Crippen molar-refractivity contribution in [1.82, 2.24) is 24.7 Å². The zero-order valence-corrected chi connectivity index (χ0v) is 13.9. The Kier molecular flexibility index (Phi) is 4.33. The standard InChI is InChI=1S/C15H20N6S/c1-4-5-12-19-14(11-8-17-21(3)15(11)20-12)16-7-6-13-18-10(2)9-22-13/h8-9H,4-7H2,1-3H3,(H,16,19,20). The fourth-order valence-electron chi connectivity index (χ4n) is 2.34. The molecule has 3 rings (SSSR count). The Hall–Kier alpha value is -2.02. The van der Waals surface area contributed by atoms with E-state index in [1.165, 1.54) is 0 Å². The van der Waals surface area contributed by atoms with Gasteiger partial charge in [0.05, 0.1) is 16.6 Å². The molecule has 0 atom stereocenters. The van der Waals surface area contributed by atoms with Crippen LogP contribution in [0.15, 0.2) is 11.6 Å². The highest BCUT2D eigenvalue weighted by atomic mass is 32.1. The van der Waals surface area contributed by atoms with E-state index < -0.39 is 0 Å². The summed E-state index contributed by atoms with van der Waals surface area (Å²) in [4.78, 5) is 13.7. The van der Waals surface area contributed by atoms with Crippen LogP contribution in [0.5, 0.6) is 0 Å². The number of hydrogen-bond donors (Lipinski definition) is 1. The Balaban J connectivity index is 1.79. The van der Waals surface area contributed by atoms with Crippen LogP contribution < -0.4 is 5.32 Å². The first kappa shape index (κ1) is 14.9. The second kappa shape index (κ2) is 6.39. The van der Waals surface area contributed by atoms with Gasteiger partial charge in [0.25, 0.3) is 0 Å². The van der Waals surface area contributed by atoms with Crippen molar-refractivity contribution in [3.05, 3.63) is 28.1 Å². The van der Waals surface area contributed by atoms with Gasteiger partial charge in [-0.1, -0.05) is 6.92 Å². The summed E-state index contributed by atoms with van der Waals surface area (Å²) in [5, 5.41) is 11.9. The van der Waals surface area contributed by atoms with Gasteiger partial charge in [0, 0.05) is 37.5 Å². The first-order chi connectivity index (χ1) is 10.7. The summed E-state index contributed by atoms with van der Waals surface area (Å²) in [7, 11) is 1.91. The van der Waals surface area contributed by atoms with Crippen LogP contribution >= 0.6 is 11.3 Å². The van der Waals surface area contributed by atoms with Crippen LogP contribution in [-0.4, -0.2) is 31.3 Å². The number of rotatable bonds is 6. The van der Waals surface area contributed by atoms with Gasteiger partial charge >= 0.3 is 0 Å². The first-order valence-electron chi connectivity index (χ1n) is 7.51. The number of fused-ring (bicyclic) bond motifs is 1. The molecule has 0 radical (unpaired) electrons. The topological polar surface area (TPSA) is 68.5 Å². The second-order valence-electron chi connectivity index (χ2n) is 5.30. The zero-order valence-electron chi connectivity index (χ0n) is 13.1. The molecule has 0 bridgehead atoms. The smallest absolute Gasteiger partial charge is 0.163 e. The van der Waals surface area contributed by atoms with Crippen LogP contribution in [-0.2, 0) is 19.9 Å². The van der Waals surface area contributed by atoms with Crippen molar-refractivity contribution in [2.24, 2.45) is 7.05 Å². The van der Waals surface area contributed by atoms with Gasteiger partial charge in [-0.05, 0) is 13.3 Å². The van der Waals surface area contributed by atoms with Crippen LogP contribution in [0, 0.1) is 6.92 Å². The molecule has 3 heterocycles. The van der Waals surface area contributed by atoms with Gasteiger partial charge in [-0.2, -0.15) is 5.10 Å². The summed E-state index contributed by atoms with van der Waals surface area (Å²) >= 11 is 1.70. The van der Waals surface area contributed by atoms with Crippen LogP contribution in [0.1, 0.15) is 29.9 Å². The Morgan fingerprint density at radius 1 is 1.23 bits per heavy atom. The second-order valence-corrected chi connectivity index (χ2v) is 6.25. The highest BCUT2D eigenvalue weighted by Crippen LogP contribution is 2.20. The van der Waals surface area contributed by atoms with E-state index >= 15 is 0 Å². The molecule has 0 unspecified atom stereocenters. The number of thiazole rings is 1. The molecule has 116 valence electrons. The molecule has 1 N–H and O–H groups in total. The van der Waals surface area contributed by atoms with Crippen molar-refractivity contribution < 1.29 is 0 Å². The van der Waals surface area contributed by atoms with Crippen molar-refractivity contribution >= 4 is 28.2 Å². The Morgan fingerprint density at radius 2 is 2.09 bits per heavy atom. The maximum atomic E-state index is 4.65. The fourth-order valence-corrected chi connectivity index (χ4v) is 3.12. The third-order valence-electron chi connectivity index (χ3n) is 3.41. The normalized spacial score (nSPS) is 11.2. The fraction of sp³-hybridized carbons (Fsp3) is 0.467. The largest absolute Gasteiger partial charge is 0.369 e. The molecule has 0 saturated heterocycles. The zero-order chi connectivity index (χ0) is 15.5. The first-order valence-corrected chi connectivity index (χ1v) is 8.39. The maximum absolute atomic E-state index is 4.65. The highest BCUT2D eigenvalue weighted by molar-refractivity contribution is 7.09. The number of nitrogens with zero attached hydrogens (tertiary/aromatic N) is 5. The molecule has 0 fully saturated rings. The summed E-state index contributed by atoms with van der Waals surface area (Å²) < 4.78 is 1.80. The van der Waals surface area contributed by atoms with Gasteiger partial charge in [-0.3, -0.25) is 4.68 Å². The van der Waals surface area contributed by atoms with Crippen LogP contribution in [0.3, 0.4) is 0 Å². The van der Waals surface area contributed by atoms with E-state index in [1.807, 2.05) is 20.2 Å². The minimum atomic E-state index is 0.805. The van der Waals surface area contributed by atoms with Gasteiger partial charge < -0.3 is 5.32 Å². The van der Waals surface area contributed by atoms with Gasteiger partial charge in [0.1, 0.15) is 11.6 Å². The van der Waals surface area contributed by atoms with E-state index in [-0.39, 0.29) is 0 Å². The summed E-state index contributed by atoms with van der Waals surface area (Å²) in [5.74, 6) is 1.74. The van der Waals surface area contributed by atoms with Gasteiger partial charge in [0.2, 0.25) is 0 Å². The Morgan fingerprint density at radius 3 is 2.82 bits per heavy atom. The predicted octanol–water partition coefficient (Wildman–Crippen LogP) is 2.74. The van der Waals surface area contributed by atoms with Crippen LogP contribution in [0.25, 0.3) is 11.0 Å². The van der Waals surface area contributed by atoms with Crippen molar-refractivity contribution in [1.29, 1.82) is 0 Å². The number of nitrogens with one attached hydrogen (secondary N) is 1. The summed E-state index contributed by atoms with van der Waals surface area (Å²) in [6, 6.07) is 0. The Labute approximate surface area is 133 Å². The summed E-state index contributed by atoms with van der Waals surface area (Å²) in [6.45, 7) is 4.96. The molecular formula is C15H20N6S. The molecule has 3 aromatic heterocycles. The molecular weight excluding hydrogens is 296 g/mol. The Bertz CT molecular complexity index is 776. The van der Waals surface area contributed by atoms with E-state index in [0.29, 0.717) is 0 Å². The van der Waals surface area contributed by atoms with Gasteiger partial charge in [0.15, 0.2) is 5.65 Å². The van der Waals surface area contributed by atoms with Crippen molar-refractivity contribution in [3.8, 4) is 0 Å². The molecule has 0 aromatic carbocycles. The van der Waals surface area contributed by atoms with Gasteiger partial charge in [-0.25, -0.2) is 15.0 Å². The number of anilines is 1.